The van der Waals surface area contributed by atoms with Crippen LogP contribution in [0.4, 0.5) is 5.69 Å². The van der Waals surface area contributed by atoms with Gasteiger partial charge in [-0.25, -0.2) is 17.7 Å². The topological polar surface area (TPSA) is 59.5 Å². The van der Waals surface area contributed by atoms with Crippen LogP contribution < -0.4 is 4.31 Å². The molecule has 0 bridgehead atoms. The third kappa shape index (κ3) is 3.72. The Balaban J connectivity index is 2.55. The summed E-state index contributed by atoms with van der Waals surface area (Å²) in [7, 11) is -2.45. The SMILES string of the molecule is COCN(c1cc(Cl)cnc1Br)S(=O)(=O)c1ccc(Cl)cc1. The first kappa shape index (κ1) is 17.5. The fourth-order valence-corrected chi connectivity index (χ4v) is 3.91. The Labute approximate surface area is 147 Å². The Morgan fingerprint density at radius 2 is 1.86 bits per heavy atom. The molecule has 0 aliphatic rings. The van der Waals surface area contributed by atoms with Crippen LogP contribution in [0.2, 0.25) is 10.0 Å². The Morgan fingerprint density at radius 3 is 2.45 bits per heavy atom. The van der Waals surface area contributed by atoms with Gasteiger partial charge in [-0.3, -0.25) is 0 Å². The van der Waals surface area contributed by atoms with Crippen molar-refractivity contribution in [1.29, 1.82) is 0 Å². The molecule has 0 aliphatic carbocycles. The second kappa shape index (κ2) is 7.14. The number of benzene rings is 1. The average molecular weight is 426 g/mol. The van der Waals surface area contributed by atoms with E-state index < -0.39 is 10.0 Å². The molecule has 0 atom stereocenters. The van der Waals surface area contributed by atoms with Crippen LogP contribution in [0.25, 0.3) is 0 Å². The van der Waals surface area contributed by atoms with Gasteiger partial charge in [0.25, 0.3) is 10.0 Å². The van der Waals surface area contributed by atoms with E-state index in [9.17, 15) is 8.42 Å². The van der Waals surface area contributed by atoms with E-state index in [1.165, 1.54) is 43.6 Å². The molecule has 0 saturated carbocycles. The van der Waals surface area contributed by atoms with Gasteiger partial charge in [-0.1, -0.05) is 23.2 Å². The van der Waals surface area contributed by atoms with Gasteiger partial charge in [-0.2, -0.15) is 0 Å². The number of sulfonamides is 1. The summed E-state index contributed by atoms with van der Waals surface area (Å²) in [6, 6.07) is 7.35. The zero-order valence-corrected chi connectivity index (χ0v) is 15.2. The van der Waals surface area contributed by atoms with Crippen LogP contribution in [0.3, 0.4) is 0 Å². The normalized spacial score (nSPS) is 11.5. The summed E-state index contributed by atoms with van der Waals surface area (Å²) in [5.74, 6) is 0. The van der Waals surface area contributed by atoms with Crippen molar-refractivity contribution in [1.82, 2.24) is 4.98 Å². The molecule has 22 heavy (non-hydrogen) atoms. The van der Waals surface area contributed by atoms with E-state index in [0.717, 1.165) is 4.31 Å². The molecular formula is C13H11BrCl2N2O3S. The van der Waals surface area contributed by atoms with Gasteiger partial charge in [-0.05, 0) is 46.3 Å². The Bertz CT molecular complexity index is 769. The molecule has 1 aromatic heterocycles. The molecule has 1 aromatic carbocycles. The van der Waals surface area contributed by atoms with E-state index in [-0.39, 0.29) is 17.3 Å². The maximum atomic E-state index is 12.8. The number of ether oxygens (including phenoxy) is 1. The van der Waals surface area contributed by atoms with E-state index in [4.69, 9.17) is 27.9 Å². The molecule has 2 aromatic rings. The molecule has 0 unspecified atom stereocenters. The van der Waals surface area contributed by atoms with Crippen LogP contribution in [0.15, 0.2) is 46.0 Å². The molecule has 118 valence electrons. The molecule has 0 amide bonds. The highest BCUT2D eigenvalue weighted by atomic mass is 79.9. The summed E-state index contributed by atoms with van der Waals surface area (Å²) in [6.45, 7) is -0.189. The van der Waals surface area contributed by atoms with Crippen LogP contribution in [0.1, 0.15) is 0 Å². The van der Waals surface area contributed by atoms with Crippen molar-refractivity contribution in [2.45, 2.75) is 4.90 Å². The van der Waals surface area contributed by atoms with Crippen LogP contribution in [0, 0.1) is 0 Å². The lowest BCUT2D eigenvalue weighted by Gasteiger charge is -2.24. The van der Waals surface area contributed by atoms with Crippen LogP contribution in [-0.2, 0) is 14.8 Å². The lowest BCUT2D eigenvalue weighted by molar-refractivity contribution is 0.209. The van der Waals surface area contributed by atoms with E-state index in [1.54, 1.807) is 0 Å². The second-order valence-corrected chi connectivity index (χ2v) is 7.68. The number of halogens is 3. The number of aromatic nitrogens is 1. The molecule has 0 saturated heterocycles. The fourth-order valence-electron chi connectivity index (χ4n) is 1.71. The number of anilines is 1. The summed E-state index contributed by atoms with van der Waals surface area (Å²) in [5.41, 5.74) is 0.282. The third-order valence-corrected chi connectivity index (χ3v) is 5.52. The Hall–Kier alpha value is -0.860. The lowest BCUT2D eigenvalue weighted by atomic mass is 10.4. The highest BCUT2D eigenvalue weighted by molar-refractivity contribution is 9.10. The quantitative estimate of drug-likeness (QED) is 0.537. The molecule has 0 fully saturated rings. The van der Waals surface area contributed by atoms with Crippen molar-refractivity contribution in [2.75, 3.05) is 18.1 Å². The molecular weight excluding hydrogens is 415 g/mol. The Kier molecular flexibility index (Phi) is 5.68. The summed E-state index contributed by atoms with van der Waals surface area (Å²) < 4.78 is 32.0. The van der Waals surface area contributed by atoms with Gasteiger partial charge in [0, 0.05) is 18.3 Å². The minimum absolute atomic E-state index is 0.0841. The second-order valence-electron chi connectivity index (χ2n) is 4.19. The van der Waals surface area contributed by atoms with Crippen molar-refractivity contribution < 1.29 is 13.2 Å². The smallest absolute Gasteiger partial charge is 0.266 e. The average Bonchev–Trinajstić information content (AvgIpc) is 2.48. The van der Waals surface area contributed by atoms with Gasteiger partial charge in [0.2, 0.25) is 0 Å². The highest BCUT2D eigenvalue weighted by Crippen LogP contribution is 2.31. The van der Waals surface area contributed by atoms with E-state index >= 15 is 0 Å². The minimum Gasteiger partial charge on any atom is -0.363 e. The minimum atomic E-state index is -3.85. The lowest BCUT2D eigenvalue weighted by Crippen LogP contribution is -2.33. The molecule has 0 spiro atoms. The predicted molar refractivity (Wildman–Crippen MR) is 89.9 cm³/mol. The monoisotopic (exact) mass is 424 g/mol. The van der Waals surface area contributed by atoms with E-state index in [2.05, 4.69) is 20.9 Å². The van der Waals surface area contributed by atoms with E-state index in [0.29, 0.717) is 14.6 Å². The van der Waals surface area contributed by atoms with Gasteiger partial charge in [0.05, 0.1) is 15.6 Å². The number of rotatable bonds is 5. The van der Waals surface area contributed by atoms with Crippen LogP contribution >= 0.6 is 39.1 Å². The van der Waals surface area contributed by atoms with Gasteiger partial charge in [0.15, 0.2) is 0 Å². The molecule has 0 aliphatic heterocycles. The van der Waals surface area contributed by atoms with Crippen LogP contribution in [0.5, 0.6) is 0 Å². The standard InChI is InChI=1S/C13H11BrCl2N2O3S/c1-21-8-18(12-6-10(16)7-17-13(12)14)22(19,20)11-4-2-9(15)3-5-11/h2-7H,8H2,1H3. The van der Waals surface area contributed by atoms with Crippen molar-refractivity contribution in [3.8, 4) is 0 Å². The third-order valence-electron chi connectivity index (χ3n) is 2.70. The highest BCUT2D eigenvalue weighted by Gasteiger charge is 2.27. The maximum absolute atomic E-state index is 12.8. The first-order chi connectivity index (χ1) is 10.4. The maximum Gasteiger partial charge on any atom is 0.266 e. The predicted octanol–water partition coefficient (Wildman–Crippen LogP) is 3.95. The summed E-state index contributed by atoms with van der Waals surface area (Å²) in [5, 5.41) is 0.758. The number of hydrogen-bond donors (Lipinski definition) is 0. The molecule has 5 nitrogen and oxygen atoms in total. The largest absolute Gasteiger partial charge is 0.363 e. The van der Waals surface area contributed by atoms with E-state index in [1.807, 2.05) is 0 Å². The molecule has 0 N–H and O–H groups in total. The first-order valence-corrected chi connectivity index (χ1v) is 8.93. The summed E-state index contributed by atoms with van der Waals surface area (Å²) >= 11 is 14.9. The molecule has 1 heterocycles. The number of nitrogens with zero attached hydrogens (tertiary/aromatic N) is 2. The van der Waals surface area contributed by atoms with Crippen molar-refractivity contribution in [2.24, 2.45) is 0 Å². The number of methoxy groups -OCH3 is 1. The van der Waals surface area contributed by atoms with Crippen LogP contribution in [-0.4, -0.2) is 27.2 Å². The molecule has 9 heteroatoms. The molecule has 2 rings (SSSR count). The number of pyridine rings is 1. The van der Waals surface area contributed by atoms with Gasteiger partial charge >= 0.3 is 0 Å². The zero-order chi connectivity index (χ0) is 16.3. The first-order valence-electron chi connectivity index (χ1n) is 5.94. The molecule has 0 radical (unpaired) electrons. The summed E-state index contributed by atoms with van der Waals surface area (Å²) in [6.07, 6.45) is 1.41. The van der Waals surface area contributed by atoms with Crippen molar-refractivity contribution in [3.05, 3.63) is 51.2 Å². The fraction of sp³-hybridized carbons (Fsp3) is 0.154. The van der Waals surface area contributed by atoms with Gasteiger partial charge < -0.3 is 4.74 Å². The number of hydrogen-bond acceptors (Lipinski definition) is 4. The van der Waals surface area contributed by atoms with Gasteiger partial charge in [0.1, 0.15) is 11.3 Å². The van der Waals surface area contributed by atoms with Crippen molar-refractivity contribution >= 4 is 54.8 Å². The Morgan fingerprint density at radius 1 is 1.23 bits per heavy atom. The van der Waals surface area contributed by atoms with Gasteiger partial charge in [-0.15, -0.1) is 0 Å². The van der Waals surface area contributed by atoms with Crippen molar-refractivity contribution in [3.63, 3.8) is 0 Å². The summed E-state index contributed by atoms with van der Waals surface area (Å²) in [4.78, 5) is 4.09. The zero-order valence-electron chi connectivity index (χ0n) is 11.3.